The van der Waals surface area contributed by atoms with Crippen LogP contribution in [-0.2, 0) is 17.8 Å². The number of hydrogen-bond acceptors (Lipinski definition) is 3. The van der Waals surface area contributed by atoms with Crippen LogP contribution in [0.25, 0.3) is 0 Å². The lowest BCUT2D eigenvalue weighted by molar-refractivity contribution is -0.929. The van der Waals surface area contributed by atoms with Crippen molar-refractivity contribution < 1.29 is 19.3 Å². The van der Waals surface area contributed by atoms with E-state index in [4.69, 9.17) is 0 Å². The van der Waals surface area contributed by atoms with Gasteiger partial charge in [0.05, 0.1) is 6.54 Å². The predicted octanol–water partition coefficient (Wildman–Crippen LogP) is 2.43. The van der Waals surface area contributed by atoms with Gasteiger partial charge in [-0.2, -0.15) is 0 Å². The molecule has 3 aromatic carbocycles. The Labute approximate surface area is 180 Å². The molecule has 2 atom stereocenters. The standard InChI is InChI=1S/C26H22N2O3/c1-16(28-13-12-17-6-2-3-7-18(17)15-28)26(31)27-19-10-11-22-23(14-19)25(30)21-9-5-4-8-20(21)24(22)29/h2-11,14,16H,12-13,15H2,1H3,(H,27,31)/p+1/t16-/m1/s1. The fourth-order valence-electron chi connectivity index (χ4n) is 4.58. The van der Waals surface area contributed by atoms with Gasteiger partial charge in [-0.1, -0.05) is 48.5 Å². The summed E-state index contributed by atoms with van der Waals surface area (Å²) >= 11 is 0. The smallest absolute Gasteiger partial charge is 0.282 e. The van der Waals surface area contributed by atoms with E-state index >= 15 is 0 Å². The van der Waals surface area contributed by atoms with E-state index in [9.17, 15) is 14.4 Å². The summed E-state index contributed by atoms with van der Waals surface area (Å²) in [6.45, 7) is 3.65. The van der Waals surface area contributed by atoms with Crippen LogP contribution in [-0.4, -0.2) is 30.1 Å². The van der Waals surface area contributed by atoms with Crippen LogP contribution in [0.1, 0.15) is 49.9 Å². The van der Waals surface area contributed by atoms with Crippen LogP contribution in [0.2, 0.25) is 0 Å². The van der Waals surface area contributed by atoms with Gasteiger partial charge in [-0.25, -0.2) is 0 Å². The number of ketones is 2. The molecule has 2 aliphatic rings. The van der Waals surface area contributed by atoms with Gasteiger partial charge >= 0.3 is 0 Å². The van der Waals surface area contributed by atoms with E-state index in [0.29, 0.717) is 27.9 Å². The summed E-state index contributed by atoms with van der Waals surface area (Å²) in [6, 6.07) is 19.9. The molecular formula is C26H23N2O3+. The highest BCUT2D eigenvalue weighted by atomic mass is 16.2. The molecule has 2 N–H and O–H groups in total. The molecule has 5 rings (SSSR count). The first kappa shape index (κ1) is 19.4. The van der Waals surface area contributed by atoms with Crippen molar-refractivity contribution in [1.29, 1.82) is 0 Å². The molecule has 3 aromatic rings. The molecule has 31 heavy (non-hydrogen) atoms. The lowest BCUT2D eigenvalue weighted by atomic mass is 9.84. The Morgan fingerprint density at radius 2 is 1.45 bits per heavy atom. The van der Waals surface area contributed by atoms with Crippen molar-refractivity contribution >= 4 is 23.2 Å². The molecule has 1 aliphatic carbocycles. The van der Waals surface area contributed by atoms with Gasteiger partial charge in [-0.3, -0.25) is 14.4 Å². The largest absolute Gasteiger partial charge is 0.321 e. The Morgan fingerprint density at radius 3 is 2.19 bits per heavy atom. The third kappa shape index (κ3) is 3.37. The number of anilines is 1. The zero-order valence-electron chi connectivity index (χ0n) is 17.3. The van der Waals surface area contributed by atoms with Gasteiger partial charge in [-0.15, -0.1) is 0 Å². The summed E-state index contributed by atoms with van der Waals surface area (Å²) in [4.78, 5) is 39.8. The SMILES string of the molecule is C[C@H](C(=O)Nc1ccc2c(c1)C(=O)c1ccccc1C2=O)[NH+]1CCc2ccccc2C1. The first-order chi connectivity index (χ1) is 15.0. The van der Waals surface area contributed by atoms with Gasteiger partial charge in [0.1, 0.15) is 6.54 Å². The summed E-state index contributed by atoms with van der Waals surface area (Å²) in [6.07, 6.45) is 0.956. The Morgan fingerprint density at radius 1 is 0.839 bits per heavy atom. The molecular weight excluding hydrogens is 388 g/mol. The molecule has 1 aliphatic heterocycles. The summed E-state index contributed by atoms with van der Waals surface area (Å²) in [5, 5.41) is 2.95. The van der Waals surface area contributed by atoms with Crippen LogP contribution >= 0.6 is 0 Å². The normalized spacial score (nSPS) is 17.9. The lowest BCUT2D eigenvalue weighted by Gasteiger charge is -2.30. The number of carbonyl (C=O) groups excluding carboxylic acids is 3. The number of fused-ring (bicyclic) bond motifs is 3. The maximum Gasteiger partial charge on any atom is 0.282 e. The van der Waals surface area contributed by atoms with E-state index in [1.165, 1.54) is 16.0 Å². The number of carbonyl (C=O) groups is 3. The van der Waals surface area contributed by atoms with Crippen LogP contribution in [0.5, 0.6) is 0 Å². The molecule has 5 nitrogen and oxygen atoms in total. The summed E-state index contributed by atoms with van der Waals surface area (Å²) in [5.41, 5.74) is 4.75. The highest BCUT2D eigenvalue weighted by Gasteiger charge is 2.31. The third-order valence-electron chi connectivity index (χ3n) is 6.45. The average Bonchev–Trinajstić information content (AvgIpc) is 2.81. The third-order valence-corrected chi connectivity index (χ3v) is 6.45. The van der Waals surface area contributed by atoms with Crippen molar-refractivity contribution in [1.82, 2.24) is 0 Å². The highest BCUT2D eigenvalue weighted by Crippen LogP contribution is 2.29. The number of amides is 1. The maximum absolute atomic E-state index is 13.0. The number of quaternary nitrogens is 1. The molecule has 5 heteroatoms. The van der Waals surface area contributed by atoms with E-state index in [1.807, 2.05) is 13.0 Å². The topological polar surface area (TPSA) is 67.7 Å². The highest BCUT2D eigenvalue weighted by molar-refractivity contribution is 6.28. The molecule has 0 bridgehead atoms. The van der Waals surface area contributed by atoms with Gasteiger partial charge in [0.25, 0.3) is 5.91 Å². The summed E-state index contributed by atoms with van der Waals surface area (Å²) in [5.74, 6) is -0.440. The molecule has 0 fully saturated rings. The Balaban J connectivity index is 1.35. The molecule has 0 radical (unpaired) electrons. The van der Waals surface area contributed by atoms with Crippen LogP contribution in [0, 0.1) is 0 Å². The first-order valence-electron chi connectivity index (χ1n) is 10.6. The number of hydrogen-bond donors (Lipinski definition) is 2. The Hall–Kier alpha value is -3.57. The average molecular weight is 411 g/mol. The van der Waals surface area contributed by atoms with Gasteiger partial charge < -0.3 is 10.2 Å². The molecule has 0 saturated heterocycles. The van der Waals surface area contributed by atoms with E-state index in [0.717, 1.165) is 19.5 Å². The minimum absolute atomic E-state index is 0.0932. The molecule has 0 spiro atoms. The predicted molar refractivity (Wildman–Crippen MR) is 118 cm³/mol. The second-order valence-corrected chi connectivity index (χ2v) is 8.28. The van der Waals surface area contributed by atoms with Crippen molar-refractivity contribution in [2.75, 3.05) is 11.9 Å². The Bertz CT molecular complexity index is 1230. The Kier molecular flexibility index (Phi) is 4.75. The summed E-state index contributed by atoms with van der Waals surface area (Å²) in [7, 11) is 0. The van der Waals surface area contributed by atoms with Gasteiger partial charge in [0.2, 0.25) is 0 Å². The van der Waals surface area contributed by atoms with Crippen LogP contribution < -0.4 is 10.2 Å². The van der Waals surface area contributed by atoms with Crippen LogP contribution in [0.3, 0.4) is 0 Å². The minimum Gasteiger partial charge on any atom is -0.321 e. The summed E-state index contributed by atoms with van der Waals surface area (Å²) < 4.78 is 0. The zero-order chi connectivity index (χ0) is 21.5. The monoisotopic (exact) mass is 411 g/mol. The second kappa shape index (κ2) is 7.60. The fourth-order valence-corrected chi connectivity index (χ4v) is 4.58. The van der Waals surface area contributed by atoms with E-state index in [-0.39, 0.29) is 23.5 Å². The van der Waals surface area contributed by atoms with Crippen LogP contribution in [0.4, 0.5) is 5.69 Å². The van der Waals surface area contributed by atoms with E-state index < -0.39 is 0 Å². The van der Waals surface area contributed by atoms with Gasteiger partial charge in [-0.05, 0) is 30.7 Å². The molecule has 1 amide bonds. The van der Waals surface area contributed by atoms with Gasteiger partial charge in [0.15, 0.2) is 17.6 Å². The van der Waals surface area contributed by atoms with Crippen LogP contribution in [0.15, 0.2) is 66.7 Å². The zero-order valence-corrected chi connectivity index (χ0v) is 17.3. The minimum atomic E-state index is -0.234. The van der Waals surface area contributed by atoms with Crippen molar-refractivity contribution in [3.8, 4) is 0 Å². The number of rotatable bonds is 3. The van der Waals surface area contributed by atoms with E-state index in [1.54, 1.807) is 42.5 Å². The van der Waals surface area contributed by atoms with Crippen molar-refractivity contribution in [2.24, 2.45) is 0 Å². The molecule has 154 valence electrons. The van der Waals surface area contributed by atoms with Gasteiger partial charge in [0, 0.05) is 39.9 Å². The maximum atomic E-state index is 13.0. The molecule has 0 aromatic heterocycles. The molecule has 1 unspecified atom stereocenters. The quantitative estimate of drug-likeness (QED) is 0.544. The molecule has 1 heterocycles. The lowest BCUT2D eigenvalue weighted by Crippen LogP contribution is -3.16. The first-order valence-corrected chi connectivity index (χ1v) is 10.6. The van der Waals surface area contributed by atoms with E-state index in [2.05, 4.69) is 23.5 Å². The molecule has 0 saturated carbocycles. The van der Waals surface area contributed by atoms with Crippen molar-refractivity contribution in [3.05, 3.63) is 100 Å². The van der Waals surface area contributed by atoms with Crippen molar-refractivity contribution in [2.45, 2.75) is 25.9 Å². The van der Waals surface area contributed by atoms with Crippen molar-refractivity contribution in [3.63, 3.8) is 0 Å². The number of nitrogens with one attached hydrogen (secondary N) is 2. The fraction of sp³-hybridized carbons (Fsp3) is 0.192. The number of benzene rings is 3. The second-order valence-electron chi connectivity index (χ2n) is 8.28.